The van der Waals surface area contributed by atoms with E-state index in [0.29, 0.717) is 25.4 Å². The van der Waals surface area contributed by atoms with Crippen LogP contribution in [-0.4, -0.2) is 35.4 Å². The molecule has 1 aliphatic carbocycles. The van der Waals surface area contributed by atoms with Gasteiger partial charge in [-0.25, -0.2) is 0 Å². The van der Waals surface area contributed by atoms with Crippen LogP contribution in [0.2, 0.25) is 0 Å². The van der Waals surface area contributed by atoms with E-state index in [1.54, 1.807) is 0 Å². The molecule has 4 heteroatoms. The van der Waals surface area contributed by atoms with Gasteiger partial charge in [-0.15, -0.1) is 0 Å². The zero-order chi connectivity index (χ0) is 11.8. The van der Waals surface area contributed by atoms with Crippen molar-refractivity contribution in [1.82, 2.24) is 5.32 Å². The van der Waals surface area contributed by atoms with Crippen molar-refractivity contribution >= 4 is 5.97 Å². The van der Waals surface area contributed by atoms with E-state index in [9.17, 15) is 9.90 Å². The largest absolute Gasteiger partial charge is 0.481 e. The molecule has 1 fully saturated rings. The highest BCUT2D eigenvalue weighted by Gasteiger charge is 2.18. The number of carboxylic acid groups (broad SMARTS) is 1. The molecule has 1 rings (SSSR count). The molecule has 0 spiro atoms. The number of nitrogens with one attached hydrogen (secondary N) is 1. The van der Waals surface area contributed by atoms with Crippen LogP contribution >= 0.6 is 0 Å². The first kappa shape index (κ1) is 13.5. The van der Waals surface area contributed by atoms with Gasteiger partial charge in [0.25, 0.3) is 0 Å². The Morgan fingerprint density at radius 3 is 2.69 bits per heavy atom. The molecule has 3 N–H and O–H groups in total. The predicted octanol–water partition coefficient (Wildman–Crippen LogP) is 1.38. The van der Waals surface area contributed by atoms with E-state index in [-0.39, 0.29) is 12.5 Å². The fraction of sp³-hybridized carbons (Fsp3) is 0.917. The Morgan fingerprint density at radius 1 is 1.38 bits per heavy atom. The van der Waals surface area contributed by atoms with Gasteiger partial charge in [-0.3, -0.25) is 4.79 Å². The van der Waals surface area contributed by atoms with E-state index in [1.165, 1.54) is 25.7 Å². The van der Waals surface area contributed by atoms with Gasteiger partial charge in [0.05, 0.1) is 6.10 Å². The SMILES string of the molecule is O=C(O)CCCNCC(O)CC1CCCC1. The molecule has 4 nitrogen and oxygen atoms in total. The molecule has 1 unspecified atom stereocenters. The van der Waals surface area contributed by atoms with Crippen molar-refractivity contribution in [2.24, 2.45) is 5.92 Å². The minimum Gasteiger partial charge on any atom is -0.481 e. The summed E-state index contributed by atoms with van der Waals surface area (Å²) in [6.07, 6.45) is 6.59. The van der Waals surface area contributed by atoms with Crippen LogP contribution in [0.4, 0.5) is 0 Å². The maximum atomic E-state index is 10.2. The molecule has 1 aliphatic rings. The molecule has 0 aromatic heterocycles. The van der Waals surface area contributed by atoms with Gasteiger partial charge in [-0.05, 0) is 25.3 Å². The highest BCUT2D eigenvalue weighted by atomic mass is 16.4. The van der Waals surface area contributed by atoms with Gasteiger partial charge in [0, 0.05) is 13.0 Å². The summed E-state index contributed by atoms with van der Waals surface area (Å²) in [7, 11) is 0. The Bertz CT molecular complexity index is 202. The zero-order valence-corrected chi connectivity index (χ0v) is 9.82. The topological polar surface area (TPSA) is 69.6 Å². The summed E-state index contributed by atoms with van der Waals surface area (Å²) < 4.78 is 0. The Kier molecular flexibility index (Phi) is 6.42. The van der Waals surface area contributed by atoms with Crippen LogP contribution in [0, 0.1) is 5.92 Å². The molecule has 1 atom stereocenters. The Morgan fingerprint density at radius 2 is 2.06 bits per heavy atom. The lowest BCUT2D eigenvalue weighted by Crippen LogP contribution is -2.29. The van der Waals surface area contributed by atoms with Crippen LogP contribution in [0.1, 0.15) is 44.9 Å². The first-order valence-corrected chi connectivity index (χ1v) is 6.29. The Labute approximate surface area is 97.0 Å². The van der Waals surface area contributed by atoms with Crippen molar-refractivity contribution in [3.8, 4) is 0 Å². The lowest BCUT2D eigenvalue weighted by atomic mass is 10.00. The summed E-state index contributed by atoms with van der Waals surface area (Å²) in [6.45, 7) is 1.27. The Hall–Kier alpha value is -0.610. The Balaban J connectivity index is 1.93. The first-order chi connectivity index (χ1) is 7.68. The van der Waals surface area contributed by atoms with Crippen LogP contribution in [0.25, 0.3) is 0 Å². The third-order valence-electron chi connectivity index (χ3n) is 3.20. The van der Waals surface area contributed by atoms with E-state index < -0.39 is 5.97 Å². The number of hydrogen-bond acceptors (Lipinski definition) is 3. The normalized spacial score (nSPS) is 18.8. The van der Waals surface area contributed by atoms with Crippen LogP contribution in [0.5, 0.6) is 0 Å². The average molecular weight is 229 g/mol. The third kappa shape index (κ3) is 6.08. The van der Waals surface area contributed by atoms with Crippen LogP contribution < -0.4 is 5.32 Å². The molecule has 0 saturated heterocycles. The molecule has 1 saturated carbocycles. The molecule has 0 aromatic carbocycles. The second-order valence-electron chi connectivity index (χ2n) is 4.74. The molecule has 0 amide bonds. The molecule has 0 heterocycles. The zero-order valence-electron chi connectivity index (χ0n) is 9.82. The molecular weight excluding hydrogens is 206 g/mol. The number of hydrogen-bond donors (Lipinski definition) is 3. The van der Waals surface area contributed by atoms with E-state index >= 15 is 0 Å². The second kappa shape index (κ2) is 7.63. The molecule has 0 bridgehead atoms. The smallest absolute Gasteiger partial charge is 0.303 e. The van der Waals surface area contributed by atoms with Crippen molar-refractivity contribution in [2.45, 2.75) is 51.0 Å². The summed E-state index contributed by atoms with van der Waals surface area (Å²) in [4.78, 5) is 10.2. The predicted molar refractivity (Wildman–Crippen MR) is 62.3 cm³/mol. The quantitative estimate of drug-likeness (QED) is 0.550. The lowest BCUT2D eigenvalue weighted by Gasteiger charge is -2.15. The van der Waals surface area contributed by atoms with Gasteiger partial charge in [0.1, 0.15) is 0 Å². The maximum absolute atomic E-state index is 10.2. The summed E-state index contributed by atoms with van der Waals surface area (Å²) in [5.74, 6) is -0.0517. The number of aliphatic hydroxyl groups excluding tert-OH is 1. The number of carboxylic acids is 1. The highest BCUT2D eigenvalue weighted by molar-refractivity contribution is 5.66. The summed E-state index contributed by atoms with van der Waals surface area (Å²) >= 11 is 0. The highest BCUT2D eigenvalue weighted by Crippen LogP contribution is 2.28. The lowest BCUT2D eigenvalue weighted by molar-refractivity contribution is -0.137. The standard InChI is InChI=1S/C12H23NO3/c14-11(8-10-4-1-2-5-10)9-13-7-3-6-12(15)16/h10-11,13-14H,1-9H2,(H,15,16). The van der Waals surface area contributed by atoms with Gasteiger partial charge >= 0.3 is 5.97 Å². The van der Waals surface area contributed by atoms with Crippen molar-refractivity contribution in [3.63, 3.8) is 0 Å². The number of aliphatic carboxylic acids is 1. The molecule has 94 valence electrons. The molecular formula is C12H23NO3. The third-order valence-corrected chi connectivity index (χ3v) is 3.20. The summed E-state index contributed by atoms with van der Waals surface area (Å²) in [6, 6.07) is 0. The average Bonchev–Trinajstić information content (AvgIpc) is 2.69. The van der Waals surface area contributed by atoms with Crippen molar-refractivity contribution < 1.29 is 15.0 Å². The molecule has 0 aliphatic heterocycles. The fourth-order valence-electron chi connectivity index (χ4n) is 2.35. The number of rotatable bonds is 8. The maximum Gasteiger partial charge on any atom is 0.303 e. The van der Waals surface area contributed by atoms with Crippen LogP contribution in [0.15, 0.2) is 0 Å². The molecule has 0 aromatic rings. The minimum absolute atomic E-state index is 0.200. The monoisotopic (exact) mass is 229 g/mol. The molecule has 0 radical (unpaired) electrons. The van der Waals surface area contributed by atoms with E-state index in [1.807, 2.05) is 0 Å². The van der Waals surface area contributed by atoms with Crippen molar-refractivity contribution in [3.05, 3.63) is 0 Å². The van der Waals surface area contributed by atoms with Gasteiger partial charge in [-0.2, -0.15) is 0 Å². The van der Waals surface area contributed by atoms with Gasteiger partial charge in [-0.1, -0.05) is 25.7 Å². The summed E-state index contributed by atoms with van der Waals surface area (Å²) in [5.41, 5.74) is 0. The van der Waals surface area contributed by atoms with Crippen LogP contribution in [-0.2, 0) is 4.79 Å². The fourth-order valence-corrected chi connectivity index (χ4v) is 2.35. The second-order valence-corrected chi connectivity index (χ2v) is 4.74. The van der Waals surface area contributed by atoms with Gasteiger partial charge in [0.15, 0.2) is 0 Å². The van der Waals surface area contributed by atoms with E-state index in [0.717, 1.165) is 6.42 Å². The molecule has 16 heavy (non-hydrogen) atoms. The van der Waals surface area contributed by atoms with E-state index in [2.05, 4.69) is 5.32 Å². The number of carbonyl (C=O) groups is 1. The minimum atomic E-state index is -0.756. The van der Waals surface area contributed by atoms with Crippen LogP contribution in [0.3, 0.4) is 0 Å². The van der Waals surface area contributed by atoms with Crippen molar-refractivity contribution in [2.75, 3.05) is 13.1 Å². The first-order valence-electron chi connectivity index (χ1n) is 6.29. The van der Waals surface area contributed by atoms with E-state index in [4.69, 9.17) is 5.11 Å². The van der Waals surface area contributed by atoms with Crippen molar-refractivity contribution in [1.29, 1.82) is 0 Å². The number of aliphatic hydroxyl groups is 1. The van der Waals surface area contributed by atoms with Gasteiger partial charge < -0.3 is 15.5 Å². The summed E-state index contributed by atoms with van der Waals surface area (Å²) in [5, 5.41) is 21.3. The van der Waals surface area contributed by atoms with Gasteiger partial charge in [0.2, 0.25) is 0 Å².